The molecule has 1 aromatic carbocycles. The lowest BCUT2D eigenvalue weighted by molar-refractivity contribution is -0.138. The SMILES string of the molecule is FC(F)(F)c1cc2cc(CCl)[nH]c2cc1Br. The number of hydrogen-bond acceptors (Lipinski definition) is 0. The molecular formula is C10H6BrClF3N. The summed E-state index contributed by atoms with van der Waals surface area (Å²) in [5, 5.41) is 0.506. The van der Waals surface area contributed by atoms with E-state index in [9.17, 15) is 13.2 Å². The summed E-state index contributed by atoms with van der Waals surface area (Å²) < 4.78 is 37.8. The minimum Gasteiger partial charge on any atom is -0.357 e. The summed E-state index contributed by atoms with van der Waals surface area (Å²) in [6.07, 6.45) is -4.36. The van der Waals surface area contributed by atoms with Gasteiger partial charge in [0.25, 0.3) is 0 Å². The smallest absolute Gasteiger partial charge is 0.357 e. The third-order valence-electron chi connectivity index (χ3n) is 2.21. The summed E-state index contributed by atoms with van der Waals surface area (Å²) in [5.41, 5.74) is 0.651. The lowest BCUT2D eigenvalue weighted by Gasteiger charge is -2.08. The number of fused-ring (bicyclic) bond motifs is 1. The van der Waals surface area contributed by atoms with Gasteiger partial charge in [-0.05, 0) is 18.2 Å². The number of halogens is 5. The second-order valence-corrected chi connectivity index (χ2v) is 4.47. The number of H-pyrrole nitrogens is 1. The molecule has 1 heterocycles. The molecule has 0 saturated carbocycles. The van der Waals surface area contributed by atoms with Gasteiger partial charge in [-0.2, -0.15) is 13.2 Å². The van der Waals surface area contributed by atoms with Crippen LogP contribution in [0.5, 0.6) is 0 Å². The van der Waals surface area contributed by atoms with Crippen LogP contribution in [0.1, 0.15) is 11.3 Å². The fourth-order valence-corrected chi connectivity index (χ4v) is 2.22. The number of benzene rings is 1. The lowest BCUT2D eigenvalue weighted by Crippen LogP contribution is -2.05. The van der Waals surface area contributed by atoms with Crippen LogP contribution >= 0.6 is 27.5 Å². The van der Waals surface area contributed by atoms with E-state index in [-0.39, 0.29) is 10.4 Å². The normalized spacial score (nSPS) is 12.3. The van der Waals surface area contributed by atoms with Crippen molar-refractivity contribution in [1.29, 1.82) is 0 Å². The van der Waals surface area contributed by atoms with Crippen molar-refractivity contribution in [2.45, 2.75) is 12.1 Å². The second kappa shape index (κ2) is 3.96. The first-order valence-electron chi connectivity index (χ1n) is 4.36. The topological polar surface area (TPSA) is 15.8 Å². The van der Waals surface area contributed by atoms with Crippen molar-refractivity contribution in [2.75, 3.05) is 0 Å². The van der Waals surface area contributed by atoms with Crippen LogP contribution in [0.3, 0.4) is 0 Å². The Morgan fingerprint density at radius 3 is 2.50 bits per heavy atom. The highest BCUT2D eigenvalue weighted by molar-refractivity contribution is 9.10. The summed E-state index contributed by atoms with van der Waals surface area (Å²) >= 11 is 8.51. The van der Waals surface area contributed by atoms with Gasteiger partial charge in [-0.3, -0.25) is 0 Å². The molecule has 0 amide bonds. The molecule has 0 aliphatic carbocycles. The predicted molar refractivity (Wildman–Crippen MR) is 60.6 cm³/mol. The van der Waals surface area contributed by atoms with Crippen molar-refractivity contribution in [2.24, 2.45) is 0 Å². The molecule has 1 nitrogen and oxygen atoms in total. The van der Waals surface area contributed by atoms with E-state index in [2.05, 4.69) is 20.9 Å². The van der Waals surface area contributed by atoms with Crippen molar-refractivity contribution in [3.05, 3.63) is 33.9 Å². The highest BCUT2D eigenvalue weighted by Crippen LogP contribution is 2.37. The molecule has 0 radical (unpaired) electrons. The molecule has 0 saturated heterocycles. The molecule has 1 aromatic heterocycles. The van der Waals surface area contributed by atoms with Crippen LogP contribution in [0.4, 0.5) is 13.2 Å². The number of aromatic amines is 1. The zero-order valence-electron chi connectivity index (χ0n) is 7.83. The molecule has 0 atom stereocenters. The number of rotatable bonds is 1. The summed E-state index contributed by atoms with van der Waals surface area (Å²) in [6, 6.07) is 4.13. The molecule has 6 heteroatoms. The van der Waals surface area contributed by atoms with Gasteiger partial charge in [-0.1, -0.05) is 15.9 Å². The Morgan fingerprint density at radius 1 is 1.25 bits per heavy atom. The first-order chi connectivity index (χ1) is 7.41. The standard InChI is InChI=1S/C10H6BrClF3N/c11-8-3-9-5(1-6(4-12)16-9)2-7(8)10(13,14)15/h1-3,16H,4H2. The van der Waals surface area contributed by atoms with Gasteiger partial charge < -0.3 is 4.98 Å². The average molecular weight is 313 g/mol. The fourth-order valence-electron chi connectivity index (χ4n) is 1.50. The summed E-state index contributed by atoms with van der Waals surface area (Å²) in [5.74, 6) is 0.244. The molecule has 0 aliphatic heterocycles. The maximum atomic E-state index is 12.6. The minimum atomic E-state index is -4.36. The van der Waals surface area contributed by atoms with E-state index in [0.717, 1.165) is 6.07 Å². The van der Waals surface area contributed by atoms with E-state index < -0.39 is 11.7 Å². The van der Waals surface area contributed by atoms with Gasteiger partial charge >= 0.3 is 6.18 Å². The minimum absolute atomic E-state index is 0.0236. The molecule has 16 heavy (non-hydrogen) atoms. The van der Waals surface area contributed by atoms with Gasteiger partial charge in [-0.25, -0.2) is 0 Å². The molecule has 2 rings (SSSR count). The molecule has 2 aromatic rings. The first kappa shape index (κ1) is 11.8. The molecule has 0 fully saturated rings. The molecule has 0 aliphatic rings. The predicted octanol–water partition coefficient (Wildman–Crippen LogP) is 4.69. The van der Waals surface area contributed by atoms with Crippen molar-refractivity contribution < 1.29 is 13.2 Å². The van der Waals surface area contributed by atoms with Crippen LogP contribution in [-0.2, 0) is 12.1 Å². The number of alkyl halides is 4. The van der Waals surface area contributed by atoms with E-state index in [4.69, 9.17) is 11.6 Å². The zero-order chi connectivity index (χ0) is 11.9. The lowest BCUT2D eigenvalue weighted by atomic mass is 10.1. The third-order valence-corrected chi connectivity index (χ3v) is 3.16. The fraction of sp³-hybridized carbons (Fsp3) is 0.200. The summed E-state index contributed by atoms with van der Waals surface area (Å²) in [7, 11) is 0. The number of aromatic nitrogens is 1. The number of nitrogens with one attached hydrogen (secondary N) is 1. The Bertz CT molecular complexity index is 533. The Kier molecular flexibility index (Phi) is 2.92. The monoisotopic (exact) mass is 311 g/mol. The van der Waals surface area contributed by atoms with Gasteiger partial charge in [0, 0.05) is 21.1 Å². The maximum Gasteiger partial charge on any atom is 0.417 e. The van der Waals surface area contributed by atoms with E-state index >= 15 is 0 Å². The highest BCUT2D eigenvalue weighted by atomic mass is 79.9. The third kappa shape index (κ3) is 2.06. The van der Waals surface area contributed by atoms with Crippen LogP contribution in [0.15, 0.2) is 22.7 Å². The Morgan fingerprint density at radius 2 is 1.94 bits per heavy atom. The van der Waals surface area contributed by atoms with Crippen LogP contribution in [-0.4, -0.2) is 4.98 Å². The van der Waals surface area contributed by atoms with Gasteiger partial charge in [-0.15, -0.1) is 11.6 Å². The van der Waals surface area contributed by atoms with Crippen molar-refractivity contribution in [1.82, 2.24) is 4.98 Å². The number of hydrogen-bond donors (Lipinski definition) is 1. The van der Waals surface area contributed by atoms with Crippen molar-refractivity contribution >= 4 is 38.4 Å². The van der Waals surface area contributed by atoms with Crippen LogP contribution in [0, 0.1) is 0 Å². The van der Waals surface area contributed by atoms with Gasteiger partial charge in [0.1, 0.15) is 0 Å². The quantitative estimate of drug-likeness (QED) is 0.735. The van der Waals surface area contributed by atoms with Crippen molar-refractivity contribution in [3.63, 3.8) is 0 Å². The van der Waals surface area contributed by atoms with Crippen LogP contribution in [0.25, 0.3) is 10.9 Å². The van der Waals surface area contributed by atoms with E-state index in [1.165, 1.54) is 6.07 Å². The molecule has 1 N–H and O–H groups in total. The van der Waals surface area contributed by atoms with E-state index in [1.807, 2.05) is 0 Å². The second-order valence-electron chi connectivity index (χ2n) is 3.35. The summed E-state index contributed by atoms with van der Waals surface area (Å²) in [4.78, 5) is 2.94. The molecule has 0 bridgehead atoms. The highest BCUT2D eigenvalue weighted by Gasteiger charge is 2.33. The van der Waals surface area contributed by atoms with Gasteiger partial charge in [0.15, 0.2) is 0 Å². The van der Waals surface area contributed by atoms with Crippen molar-refractivity contribution in [3.8, 4) is 0 Å². The Balaban J connectivity index is 2.66. The largest absolute Gasteiger partial charge is 0.417 e. The van der Waals surface area contributed by atoms with Crippen LogP contribution in [0.2, 0.25) is 0 Å². The molecule has 0 unspecified atom stereocenters. The molecular weight excluding hydrogens is 306 g/mol. The Labute approximate surface area is 103 Å². The molecule has 86 valence electrons. The van der Waals surface area contributed by atoms with Gasteiger partial charge in [0.05, 0.1) is 11.4 Å². The van der Waals surface area contributed by atoms with E-state index in [1.54, 1.807) is 6.07 Å². The maximum absolute atomic E-state index is 12.6. The molecule has 0 spiro atoms. The average Bonchev–Trinajstić information content (AvgIpc) is 2.56. The first-order valence-corrected chi connectivity index (χ1v) is 5.69. The van der Waals surface area contributed by atoms with E-state index in [0.29, 0.717) is 16.6 Å². The van der Waals surface area contributed by atoms with Gasteiger partial charge in [0.2, 0.25) is 0 Å². The summed E-state index contributed by atoms with van der Waals surface area (Å²) in [6.45, 7) is 0. The Hall–Kier alpha value is -0.680. The van der Waals surface area contributed by atoms with Crippen LogP contribution < -0.4 is 0 Å². The zero-order valence-corrected chi connectivity index (χ0v) is 10.2.